The Balaban J connectivity index is 3.46. The molecular weight excluding hydrogens is 122 g/mol. The molecule has 0 N–H and O–H groups in total. The molecule has 0 atom stereocenters. The molecule has 58 valence electrons. The van der Waals surface area contributed by atoms with Crippen LogP contribution in [0, 0.1) is 0 Å². The predicted octanol–water partition coefficient (Wildman–Crippen LogP) is 2.07. The lowest BCUT2D eigenvalue weighted by Crippen LogP contribution is -2.20. The molecule has 0 aliphatic heterocycles. The first-order valence-electron chi connectivity index (χ1n) is 3.66. The molecule has 0 heterocycles. The highest BCUT2D eigenvalue weighted by molar-refractivity contribution is 4.96. The third-order valence-corrected chi connectivity index (χ3v) is 1.43. The second kappa shape index (κ2) is 5.24. The normalized spacial score (nSPS) is 9.90. The number of hydrogen-bond donors (Lipinski definition) is 0. The van der Waals surface area contributed by atoms with Crippen LogP contribution in [-0.2, 0) is 0 Å². The van der Waals surface area contributed by atoms with E-state index in [2.05, 4.69) is 32.0 Å². The number of hydrogen-bond acceptors (Lipinski definition) is 1. The fraction of sp³-hybridized carbons (Fsp3) is 0.556. The van der Waals surface area contributed by atoms with Crippen molar-refractivity contribution < 1.29 is 0 Å². The van der Waals surface area contributed by atoms with Crippen molar-refractivity contribution in [1.29, 1.82) is 0 Å². The molecule has 0 aliphatic carbocycles. The van der Waals surface area contributed by atoms with Crippen molar-refractivity contribution in [3.63, 3.8) is 0 Å². The van der Waals surface area contributed by atoms with Crippen LogP contribution in [0.3, 0.4) is 0 Å². The maximum Gasteiger partial charge on any atom is 0.0190 e. The molecule has 0 aromatic carbocycles. The second-order valence-corrected chi connectivity index (χ2v) is 2.59. The topological polar surface area (TPSA) is 3.24 Å². The maximum atomic E-state index is 3.92. The van der Waals surface area contributed by atoms with E-state index in [0.29, 0.717) is 0 Å². The Labute approximate surface area is 64.0 Å². The van der Waals surface area contributed by atoms with Crippen molar-refractivity contribution in [2.75, 3.05) is 20.1 Å². The highest BCUT2D eigenvalue weighted by Crippen LogP contribution is 1.97. The van der Waals surface area contributed by atoms with Gasteiger partial charge in [0.25, 0.3) is 0 Å². The molecule has 0 aromatic rings. The van der Waals surface area contributed by atoms with Gasteiger partial charge < -0.3 is 0 Å². The van der Waals surface area contributed by atoms with Gasteiger partial charge in [-0.2, -0.15) is 0 Å². The molecule has 0 aromatic heterocycles. The molecule has 0 amide bonds. The first kappa shape index (κ1) is 9.44. The molecule has 1 heteroatoms. The van der Waals surface area contributed by atoms with Gasteiger partial charge in [-0.15, -0.1) is 6.58 Å². The van der Waals surface area contributed by atoms with Crippen molar-refractivity contribution in [2.24, 2.45) is 0 Å². The molecule has 0 fully saturated rings. The van der Waals surface area contributed by atoms with Crippen LogP contribution in [0.5, 0.6) is 0 Å². The van der Waals surface area contributed by atoms with Gasteiger partial charge in [-0.1, -0.05) is 25.2 Å². The molecule has 1 nitrogen and oxygen atoms in total. The summed E-state index contributed by atoms with van der Waals surface area (Å²) in [5.41, 5.74) is 1.28. The quantitative estimate of drug-likeness (QED) is 0.527. The number of likely N-dealkylation sites (N-methyl/N-ethyl adjacent to an activating group) is 1. The molecule has 0 bridgehead atoms. The van der Waals surface area contributed by atoms with Crippen LogP contribution in [0.2, 0.25) is 0 Å². The Morgan fingerprint density at radius 2 is 2.20 bits per heavy atom. The summed E-state index contributed by atoms with van der Waals surface area (Å²) in [4.78, 5) is 2.19. The van der Waals surface area contributed by atoms with Crippen molar-refractivity contribution in [3.05, 3.63) is 24.8 Å². The summed E-state index contributed by atoms with van der Waals surface area (Å²) < 4.78 is 0. The first-order chi connectivity index (χ1) is 4.70. The van der Waals surface area contributed by atoms with Crippen LogP contribution in [0.25, 0.3) is 0 Å². The van der Waals surface area contributed by atoms with Gasteiger partial charge in [0.05, 0.1) is 0 Å². The van der Waals surface area contributed by atoms with Crippen LogP contribution in [0.15, 0.2) is 24.8 Å². The fourth-order valence-electron chi connectivity index (χ4n) is 0.778. The van der Waals surface area contributed by atoms with E-state index < -0.39 is 0 Å². The van der Waals surface area contributed by atoms with Gasteiger partial charge in [0.1, 0.15) is 0 Å². The largest absolute Gasteiger partial charge is 0.299 e. The number of rotatable bonds is 5. The van der Waals surface area contributed by atoms with Crippen molar-refractivity contribution >= 4 is 0 Å². The highest BCUT2D eigenvalue weighted by Gasteiger charge is 1.95. The van der Waals surface area contributed by atoms with Crippen molar-refractivity contribution in [3.8, 4) is 0 Å². The van der Waals surface area contributed by atoms with E-state index in [1.54, 1.807) is 0 Å². The van der Waals surface area contributed by atoms with E-state index in [0.717, 1.165) is 19.5 Å². The van der Waals surface area contributed by atoms with Crippen molar-refractivity contribution in [1.82, 2.24) is 4.90 Å². The zero-order chi connectivity index (χ0) is 7.98. The molecule has 0 saturated heterocycles. The summed E-state index contributed by atoms with van der Waals surface area (Å²) in [6, 6.07) is 0. The fourth-order valence-corrected chi connectivity index (χ4v) is 0.778. The third-order valence-electron chi connectivity index (χ3n) is 1.43. The summed E-state index contributed by atoms with van der Waals surface area (Å²) in [6.45, 7) is 11.6. The van der Waals surface area contributed by atoms with Crippen LogP contribution in [0.4, 0.5) is 0 Å². The highest BCUT2D eigenvalue weighted by atomic mass is 15.1. The summed E-state index contributed by atoms with van der Waals surface area (Å²) in [5, 5.41) is 0. The van der Waals surface area contributed by atoms with Crippen LogP contribution >= 0.6 is 0 Å². The zero-order valence-corrected chi connectivity index (χ0v) is 7.06. The van der Waals surface area contributed by atoms with Gasteiger partial charge >= 0.3 is 0 Å². The minimum Gasteiger partial charge on any atom is -0.299 e. The Morgan fingerprint density at radius 3 is 2.60 bits per heavy atom. The lowest BCUT2D eigenvalue weighted by atomic mass is 10.2. The van der Waals surface area contributed by atoms with Gasteiger partial charge in [0.15, 0.2) is 0 Å². The van der Waals surface area contributed by atoms with Crippen LogP contribution in [0.1, 0.15) is 13.3 Å². The van der Waals surface area contributed by atoms with E-state index in [9.17, 15) is 0 Å². The van der Waals surface area contributed by atoms with Gasteiger partial charge in [-0.05, 0) is 13.5 Å². The van der Waals surface area contributed by atoms with Crippen LogP contribution < -0.4 is 0 Å². The minimum atomic E-state index is 0.943. The Bertz CT molecular complexity index is 116. The average molecular weight is 139 g/mol. The zero-order valence-electron chi connectivity index (χ0n) is 7.06. The van der Waals surface area contributed by atoms with Gasteiger partial charge in [0, 0.05) is 13.1 Å². The maximum absolute atomic E-state index is 3.92. The molecule has 10 heavy (non-hydrogen) atoms. The summed E-state index contributed by atoms with van der Waals surface area (Å²) in [6.07, 6.45) is 2.98. The van der Waals surface area contributed by atoms with Gasteiger partial charge in [-0.3, -0.25) is 4.90 Å². The van der Waals surface area contributed by atoms with E-state index >= 15 is 0 Å². The monoisotopic (exact) mass is 139 g/mol. The molecule has 0 rings (SSSR count). The standard InChI is InChI=1S/C9H17N/c1-5-7-10(4)8-9(3)6-2/h5H,1,3,6-8H2,2,4H3. The first-order valence-corrected chi connectivity index (χ1v) is 3.66. The van der Waals surface area contributed by atoms with E-state index in [1.165, 1.54) is 5.57 Å². The van der Waals surface area contributed by atoms with Crippen molar-refractivity contribution in [2.45, 2.75) is 13.3 Å². The SMILES string of the molecule is C=CCN(C)CC(=C)CC. The second-order valence-electron chi connectivity index (χ2n) is 2.59. The van der Waals surface area contributed by atoms with E-state index in [4.69, 9.17) is 0 Å². The summed E-state index contributed by atoms with van der Waals surface area (Å²) in [7, 11) is 2.07. The van der Waals surface area contributed by atoms with Gasteiger partial charge in [-0.25, -0.2) is 0 Å². The lowest BCUT2D eigenvalue weighted by molar-refractivity contribution is 0.400. The van der Waals surface area contributed by atoms with Crippen LogP contribution in [-0.4, -0.2) is 25.0 Å². The summed E-state index contributed by atoms with van der Waals surface area (Å²) in [5.74, 6) is 0. The molecule has 0 unspecified atom stereocenters. The molecule has 0 radical (unpaired) electrons. The van der Waals surface area contributed by atoms with E-state index in [1.807, 2.05) is 6.08 Å². The Hall–Kier alpha value is -0.560. The molecule has 0 saturated carbocycles. The predicted molar refractivity (Wildman–Crippen MR) is 47.1 cm³/mol. The minimum absolute atomic E-state index is 0.943. The Kier molecular flexibility index (Phi) is 4.95. The lowest BCUT2D eigenvalue weighted by Gasteiger charge is -2.14. The smallest absolute Gasteiger partial charge is 0.0190 e. The van der Waals surface area contributed by atoms with Gasteiger partial charge in [0.2, 0.25) is 0 Å². The van der Waals surface area contributed by atoms with E-state index in [-0.39, 0.29) is 0 Å². The molecule has 0 spiro atoms. The average Bonchev–Trinajstić information content (AvgIpc) is 1.88. The molecular formula is C9H17N. The Morgan fingerprint density at radius 1 is 1.60 bits per heavy atom. The number of nitrogens with zero attached hydrogens (tertiary/aromatic N) is 1. The summed E-state index contributed by atoms with van der Waals surface area (Å²) >= 11 is 0. The third kappa shape index (κ3) is 4.33. The molecule has 0 aliphatic rings.